The molecule has 0 aromatic heterocycles. The van der Waals surface area contributed by atoms with Gasteiger partial charge in [-0.15, -0.1) is 23.2 Å². The van der Waals surface area contributed by atoms with Crippen molar-refractivity contribution in [3.63, 3.8) is 0 Å². The molecule has 0 saturated heterocycles. The molecule has 120 valence electrons. The van der Waals surface area contributed by atoms with Gasteiger partial charge in [0.05, 0.1) is 11.4 Å². The molecular weight excluding hydrogens is 351 g/mol. The zero-order chi connectivity index (χ0) is 16.2. The molecule has 1 heterocycles. The number of alkyl halides is 2. The van der Waals surface area contributed by atoms with Crippen molar-refractivity contribution >= 4 is 52.4 Å². The first kappa shape index (κ1) is 16.5. The normalized spacial score (nSPS) is 12.5. The lowest BCUT2D eigenvalue weighted by Gasteiger charge is -2.34. The smallest absolute Gasteiger partial charge is 0.322 e. The third kappa shape index (κ3) is 3.30. The summed E-state index contributed by atoms with van der Waals surface area (Å²) in [5.41, 5.74) is 1.80. The minimum absolute atomic E-state index is 0.0912. The van der Waals surface area contributed by atoms with Crippen molar-refractivity contribution < 1.29 is 4.79 Å². The summed E-state index contributed by atoms with van der Waals surface area (Å²) in [5.74, 6) is 0.767. The summed E-state index contributed by atoms with van der Waals surface area (Å²) < 4.78 is 0. The van der Waals surface area contributed by atoms with E-state index in [1.165, 1.54) is 0 Å². The number of rotatable bonds is 4. The van der Waals surface area contributed by atoms with Crippen LogP contribution in [0.5, 0.6) is 0 Å². The molecule has 3 rings (SSSR count). The SMILES string of the molecule is O=C(N(CCCl)CCCl)N1c2ccccc2Sc2ccccc21. The third-order valence-electron chi connectivity index (χ3n) is 3.60. The Kier molecular flexibility index (Phi) is 5.36. The van der Waals surface area contributed by atoms with Crippen molar-refractivity contribution in [1.29, 1.82) is 0 Å². The summed E-state index contributed by atoms with van der Waals surface area (Å²) in [6, 6.07) is 15.8. The van der Waals surface area contributed by atoms with E-state index >= 15 is 0 Å². The Bertz CT molecular complexity index is 659. The largest absolute Gasteiger partial charge is 0.329 e. The number of amides is 2. The molecule has 0 saturated carbocycles. The number of para-hydroxylation sites is 2. The second-order valence-corrected chi connectivity index (χ2v) is 6.86. The Morgan fingerprint density at radius 3 is 1.87 bits per heavy atom. The van der Waals surface area contributed by atoms with Crippen molar-refractivity contribution in [1.82, 2.24) is 4.90 Å². The maximum Gasteiger partial charge on any atom is 0.329 e. The van der Waals surface area contributed by atoms with Gasteiger partial charge in [-0.05, 0) is 24.3 Å². The molecule has 2 aromatic rings. The molecule has 6 heteroatoms. The molecule has 2 aromatic carbocycles. The molecule has 0 bridgehead atoms. The lowest BCUT2D eigenvalue weighted by atomic mass is 10.2. The maximum absolute atomic E-state index is 13.1. The number of fused-ring (bicyclic) bond motifs is 2. The molecule has 2 amide bonds. The van der Waals surface area contributed by atoms with Gasteiger partial charge in [0.1, 0.15) is 0 Å². The van der Waals surface area contributed by atoms with Crippen molar-refractivity contribution in [2.24, 2.45) is 0 Å². The molecule has 0 unspecified atom stereocenters. The van der Waals surface area contributed by atoms with Crippen LogP contribution < -0.4 is 4.90 Å². The van der Waals surface area contributed by atoms with E-state index in [-0.39, 0.29) is 6.03 Å². The lowest BCUT2D eigenvalue weighted by Crippen LogP contribution is -2.43. The molecule has 23 heavy (non-hydrogen) atoms. The van der Waals surface area contributed by atoms with Gasteiger partial charge in [0.2, 0.25) is 0 Å². The van der Waals surface area contributed by atoms with E-state index in [9.17, 15) is 4.79 Å². The average molecular weight is 367 g/mol. The van der Waals surface area contributed by atoms with Crippen LogP contribution in [0.1, 0.15) is 0 Å². The van der Waals surface area contributed by atoms with E-state index < -0.39 is 0 Å². The number of urea groups is 1. The number of hydrogen-bond donors (Lipinski definition) is 0. The van der Waals surface area contributed by atoms with Gasteiger partial charge in [0.25, 0.3) is 0 Å². The van der Waals surface area contributed by atoms with Crippen molar-refractivity contribution in [2.45, 2.75) is 9.79 Å². The molecule has 0 aliphatic carbocycles. The highest BCUT2D eigenvalue weighted by atomic mass is 35.5. The fourth-order valence-corrected chi connectivity index (χ4v) is 4.03. The van der Waals surface area contributed by atoms with Crippen LogP contribution in [-0.2, 0) is 0 Å². The summed E-state index contributed by atoms with van der Waals surface area (Å²) >= 11 is 13.4. The highest BCUT2D eigenvalue weighted by Crippen LogP contribution is 2.48. The third-order valence-corrected chi connectivity index (χ3v) is 5.07. The van der Waals surface area contributed by atoms with E-state index in [4.69, 9.17) is 23.2 Å². The highest BCUT2D eigenvalue weighted by Gasteiger charge is 2.30. The minimum Gasteiger partial charge on any atom is -0.322 e. The lowest BCUT2D eigenvalue weighted by molar-refractivity contribution is 0.213. The molecule has 1 aliphatic heterocycles. The first-order valence-corrected chi connectivity index (χ1v) is 9.21. The molecular formula is C17H16Cl2N2OS. The predicted octanol–water partition coefficient (Wildman–Crippen LogP) is 5.19. The van der Waals surface area contributed by atoms with Crippen LogP contribution in [0.15, 0.2) is 58.3 Å². The number of carbonyl (C=O) groups is 1. The first-order valence-electron chi connectivity index (χ1n) is 7.33. The van der Waals surface area contributed by atoms with Crippen LogP contribution in [0.2, 0.25) is 0 Å². The molecule has 1 aliphatic rings. The number of anilines is 2. The van der Waals surface area contributed by atoms with E-state index in [2.05, 4.69) is 0 Å². The van der Waals surface area contributed by atoms with E-state index in [1.54, 1.807) is 21.6 Å². The van der Waals surface area contributed by atoms with Gasteiger partial charge >= 0.3 is 6.03 Å². The molecule has 0 fully saturated rings. The fourth-order valence-electron chi connectivity index (χ4n) is 2.56. The Hall–Kier alpha value is -1.36. The Labute approximate surface area is 150 Å². The van der Waals surface area contributed by atoms with E-state index in [0.717, 1.165) is 21.2 Å². The van der Waals surface area contributed by atoms with Gasteiger partial charge in [-0.3, -0.25) is 4.90 Å². The van der Waals surface area contributed by atoms with Gasteiger partial charge in [-0.25, -0.2) is 4.79 Å². The van der Waals surface area contributed by atoms with Crippen LogP contribution >= 0.6 is 35.0 Å². The molecule has 0 spiro atoms. The van der Waals surface area contributed by atoms with Gasteiger partial charge in [0, 0.05) is 34.6 Å². The standard InChI is InChI=1S/C17H16Cl2N2OS/c18-9-11-20(12-10-19)17(22)21-13-5-1-3-7-15(13)23-16-8-4-2-6-14(16)21/h1-8H,9-12H2. The zero-order valence-electron chi connectivity index (χ0n) is 12.4. The van der Waals surface area contributed by atoms with E-state index in [0.29, 0.717) is 24.8 Å². The number of nitrogens with zero attached hydrogens (tertiary/aromatic N) is 2. The first-order chi connectivity index (χ1) is 11.3. The molecule has 0 radical (unpaired) electrons. The second-order valence-electron chi connectivity index (χ2n) is 5.02. The topological polar surface area (TPSA) is 23.6 Å². The molecule has 3 nitrogen and oxygen atoms in total. The predicted molar refractivity (Wildman–Crippen MR) is 97.6 cm³/mol. The maximum atomic E-state index is 13.1. The van der Waals surface area contributed by atoms with Gasteiger partial charge < -0.3 is 4.90 Å². The average Bonchev–Trinajstić information content (AvgIpc) is 2.59. The zero-order valence-corrected chi connectivity index (χ0v) is 14.7. The van der Waals surface area contributed by atoms with Crippen molar-refractivity contribution in [3.05, 3.63) is 48.5 Å². The number of carbonyl (C=O) groups excluding carboxylic acids is 1. The number of benzene rings is 2. The van der Waals surface area contributed by atoms with Gasteiger partial charge in [0.15, 0.2) is 0 Å². The van der Waals surface area contributed by atoms with Crippen LogP contribution in [0.3, 0.4) is 0 Å². The summed E-state index contributed by atoms with van der Waals surface area (Å²) in [7, 11) is 0. The second kappa shape index (κ2) is 7.47. The number of halogens is 2. The van der Waals surface area contributed by atoms with Crippen molar-refractivity contribution in [2.75, 3.05) is 29.7 Å². The van der Waals surface area contributed by atoms with E-state index in [1.807, 2.05) is 48.5 Å². The molecule has 0 atom stereocenters. The Balaban J connectivity index is 2.05. The van der Waals surface area contributed by atoms with Crippen LogP contribution in [0, 0.1) is 0 Å². The summed E-state index contributed by atoms with van der Waals surface area (Å²) in [6.07, 6.45) is 0. The van der Waals surface area contributed by atoms with Gasteiger partial charge in [-0.1, -0.05) is 36.0 Å². The van der Waals surface area contributed by atoms with Crippen LogP contribution in [0.4, 0.5) is 16.2 Å². The quantitative estimate of drug-likeness (QED) is 0.695. The number of hydrogen-bond acceptors (Lipinski definition) is 2. The summed E-state index contributed by atoms with van der Waals surface area (Å²) in [5, 5.41) is 0. The fraction of sp³-hybridized carbons (Fsp3) is 0.235. The van der Waals surface area contributed by atoms with Crippen LogP contribution in [-0.4, -0.2) is 35.8 Å². The van der Waals surface area contributed by atoms with Crippen LogP contribution in [0.25, 0.3) is 0 Å². The summed E-state index contributed by atoms with van der Waals surface area (Å²) in [6.45, 7) is 0.947. The highest BCUT2D eigenvalue weighted by molar-refractivity contribution is 7.99. The monoisotopic (exact) mass is 366 g/mol. The van der Waals surface area contributed by atoms with Crippen molar-refractivity contribution in [3.8, 4) is 0 Å². The summed E-state index contributed by atoms with van der Waals surface area (Å²) in [4.78, 5) is 18.7. The molecule has 0 N–H and O–H groups in total. The Morgan fingerprint density at radius 2 is 1.39 bits per heavy atom. The Morgan fingerprint density at radius 1 is 0.913 bits per heavy atom. The van der Waals surface area contributed by atoms with Gasteiger partial charge in [-0.2, -0.15) is 0 Å². The minimum atomic E-state index is -0.0912.